The zero-order chi connectivity index (χ0) is 16.0. The number of rotatable bonds is 7. The minimum absolute atomic E-state index is 0.00411. The number of carboxylic acid groups (broad SMARTS) is 1. The maximum absolute atomic E-state index is 12.0. The van der Waals surface area contributed by atoms with Crippen molar-refractivity contribution in [3.8, 4) is 0 Å². The summed E-state index contributed by atoms with van der Waals surface area (Å²) in [5, 5.41) is 22.3. The van der Waals surface area contributed by atoms with Gasteiger partial charge in [-0.2, -0.15) is 0 Å². The van der Waals surface area contributed by atoms with Gasteiger partial charge in [0.15, 0.2) is 0 Å². The van der Waals surface area contributed by atoms with Gasteiger partial charge in [-0.25, -0.2) is 0 Å². The summed E-state index contributed by atoms with van der Waals surface area (Å²) in [6.07, 6.45) is 1.16. The fraction of sp³-hybridized carbons (Fsp3) is 0.429. The topological polar surface area (TPSA) is 110 Å². The molecule has 0 radical (unpaired) electrons. The van der Waals surface area contributed by atoms with E-state index in [2.05, 4.69) is 5.32 Å². The maximum atomic E-state index is 12.0. The van der Waals surface area contributed by atoms with Crippen molar-refractivity contribution in [2.45, 2.75) is 26.7 Å². The summed E-state index contributed by atoms with van der Waals surface area (Å²) in [6, 6.07) is 4.01. The van der Waals surface area contributed by atoms with Gasteiger partial charge in [-0.05, 0) is 18.9 Å². The first kappa shape index (κ1) is 16.6. The van der Waals surface area contributed by atoms with Crippen LogP contribution in [0, 0.1) is 23.0 Å². The number of hydrogen-bond donors (Lipinski definition) is 2. The average Bonchev–Trinajstić information content (AvgIpc) is 2.42. The summed E-state index contributed by atoms with van der Waals surface area (Å²) in [7, 11) is 0. The predicted molar refractivity (Wildman–Crippen MR) is 76.2 cm³/mol. The molecule has 0 saturated carbocycles. The lowest BCUT2D eigenvalue weighted by molar-refractivity contribution is -0.384. The van der Waals surface area contributed by atoms with E-state index in [1.165, 1.54) is 18.2 Å². The maximum Gasteiger partial charge on any atom is 0.308 e. The lowest BCUT2D eigenvalue weighted by Crippen LogP contribution is -2.33. The first-order valence-electron chi connectivity index (χ1n) is 6.62. The molecule has 1 aromatic rings. The van der Waals surface area contributed by atoms with Crippen LogP contribution in [0.3, 0.4) is 0 Å². The smallest absolute Gasteiger partial charge is 0.308 e. The molecule has 1 unspecified atom stereocenters. The van der Waals surface area contributed by atoms with Crippen molar-refractivity contribution in [1.82, 2.24) is 5.32 Å². The molecule has 0 fully saturated rings. The van der Waals surface area contributed by atoms with E-state index >= 15 is 0 Å². The minimum atomic E-state index is -0.965. The van der Waals surface area contributed by atoms with Gasteiger partial charge in [0, 0.05) is 24.2 Å². The summed E-state index contributed by atoms with van der Waals surface area (Å²) in [4.78, 5) is 33.2. The molecule has 1 amide bonds. The number of hydrogen-bond acceptors (Lipinski definition) is 4. The summed E-state index contributed by atoms with van der Waals surface area (Å²) >= 11 is 0. The molecule has 7 heteroatoms. The van der Waals surface area contributed by atoms with E-state index in [1.807, 2.05) is 6.92 Å². The number of nitrogens with one attached hydrogen (secondary N) is 1. The van der Waals surface area contributed by atoms with Crippen LogP contribution in [0.1, 0.15) is 35.7 Å². The molecule has 114 valence electrons. The number of nitro groups is 1. The van der Waals surface area contributed by atoms with Crippen LogP contribution >= 0.6 is 0 Å². The number of amides is 1. The molecule has 0 aliphatic heterocycles. The van der Waals surface area contributed by atoms with Gasteiger partial charge in [-0.15, -0.1) is 0 Å². The fourth-order valence-corrected chi connectivity index (χ4v) is 1.94. The predicted octanol–water partition coefficient (Wildman–Crippen LogP) is 2.13. The highest BCUT2D eigenvalue weighted by atomic mass is 16.6. The first-order chi connectivity index (χ1) is 9.86. The first-order valence-corrected chi connectivity index (χ1v) is 6.62. The number of nitrogens with zero attached hydrogens (tertiary/aromatic N) is 1. The molecule has 1 rings (SSSR count). The van der Waals surface area contributed by atoms with E-state index < -0.39 is 22.7 Å². The number of nitro benzene ring substituents is 1. The van der Waals surface area contributed by atoms with Crippen molar-refractivity contribution >= 4 is 17.6 Å². The Bertz CT molecular complexity index is 556. The standard InChI is InChI=1S/C14H18N2O5/c1-3-4-10(14(18)19)8-15-13(17)12-7-11(16(20)21)6-5-9(12)2/h5-7,10H,3-4,8H2,1-2H3,(H,15,17)(H,18,19). The van der Waals surface area contributed by atoms with Crippen LogP contribution in [0.15, 0.2) is 18.2 Å². The van der Waals surface area contributed by atoms with Gasteiger partial charge >= 0.3 is 5.97 Å². The normalized spacial score (nSPS) is 11.7. The fourth-order valence-electron chi connectivity index (χ4n) is 1.94. The van der Waals surface area contributed by atoms with Crippen molar-refractivity contribution < 1.29 is 19.6 Å². The van der Waals surface area contributed by atoms with Crippen LogP contribution in [0.25, 0.3) is 0 Å². The summed E-state index contributed by atoms with van der Waals surface area (Å²) in [5.74, 6) is -2.12. The SMILES string of the molecule is CCCC(CNC(=O)c1cc([N+](=O)[O-])ccc1C)C(=O)O. The van der Waals surface area contributed by atoms with Crippen LogP contribution in [-0.4, -0.2) is 28.5 Å². The summed E-state index contributed by atoms with van der Waals surface area (Å²) in [5.41, 5.74) is 0.611. The molecule has 1 atom stereocenters. The molecule has 2 N–H and O–H groups in total. The molecule has 0 saturated heterocycles. The van der Waals surface area contributed by atoms with Crippen molar-refractivity contribution in [2.75, 3.05) is 6.54 Å². The molecule has 0 aromatic heterocycles. The van der Waals surface area contributed by atoms with Crippen molar-refractivity contribution in [3.63, 3.8) is 0 Å². The lowest BCUT2D eigenvalue weighted by atomic mass is 10.0. The number of aryl methyl sites for hydroxylation is 1. The zero-order valence-electron chi connectivity index (χ0n) is 12.0. The Hall–Kier alpha value is -2.44. The number of benzene rings is 1. The monoisotopic (exact) mass is 294 g/mol. The number of carbonyl (C=O) groups excluding carboxylic acids is 1. The lowest BCUT2D eigenvalue weighted by Gasteiger charge is -2.13. The van der Waals surface area contributed by atoms with E-state index in [0.29, 0.717) is 18.4 Å². The van der Waals surface area contributed by atoms with E-state index in [1.54, 1.807) is 6.92 Å². The highest BCUT2D eigenvalue weighted by molar-refractivity contribution is 5.96. The number of aliphatic carboxylic acids is 1. The van der Waals surface area contributed by atoms with Crippen LogP contribution < -0.4 is 5.32 Å². The van der Waals surface area contributed by atoms with Gasteiger partial charge in [-0.3, -0.25) is 19.7 Å². The summed E-state index contributed by atoms with van der Waals surface area (Å²) in [6.45, 7) is 3.53. The number of carbonyl (C=O) groups is 2. The molecule has 0 aliphatic rings. The van der Waals surface area contributed by atoms with Gasteiger partial charge in [0.1, 0.15) is 0 Å². The molecule has 21 heavy (non-hydrogen) atoms. The van der Waals surface area contributed by atoms with Crippen molar-refractivity contribution in [1.29, 1.82) is 0 Å². The molecular weight excluding hydrogens is 276 g/mol. The average molecular weight is 294 g/mol. The Morgan fingerprint density at radius 3 is 2.62 bits per heavy atom. The van der Waals surface area contributed by atoms with E-state index in [-0.39, 0.29) is 17.8 Å². The van der Waals surface area contributed by atoms with Crippen molar-refractivity contribution in [2.24, 2.45) is 5.92 Å². The molecule has 0 bridgehead atoms. The Kier molecular flexibility index (Phi) is 5.83. The second-order valence-corrected chi connectivity index (χ2v) is 4.79. The highest BCUT2D eigenvalue weighted by Gasteiger charge is 2.19. The third kappa shape index (κ3) is 4.55. The second kappa shape index (κ2) is 7.37. The molecule has 1 aromatic carbocycles. The third-order valence-corrected chi connectivity index (χ3v) is 3.17. The van der Waals surface area contributed by atoms with Crippen LogP contribution in [0.5, 0.6) is 0 Å². The Balaban J connectivity index is 2.82. The van der Waals surface area contributed by atoms with Crippen LogP contribution in [0.4, 0.5) is 5.69 Å². The Labute approximate surface area is 122 Å². The second-order valence-electron chi connectivity index (χ2n) is 4.79. The molecule has 7 nitrogen and oxygen atoms in total. The molecule has 0 spiro atoms. The molecular formula is C14H18N2O5. The van der Waals surface area contributed by atoms with E-state index in [0.717, 1.165) is 0 Å². The minimum Gasteiger partial charge on any atom is -0.481 e. The van der Waals surface area contributed by atoms with Crippen LogP contribution in [-0.2, 0) is 4.79 Å². The van der Waals surface area contributed by atoms with Gasteiger partial charge in [0.25, 0.3) is 11.6 Å². The van der Waals surface area contributed by atoms with Gasteiger partial charge in [-0.1, -0.05) is 19.4 Å². The number of non-ortho nitro benzene ring substituents is 1. The van der Waals surface area contributed by atoms with Gasteiger partial charge in [0.2, 0.25) is 0 Å². The van der Waals surface area contributed by atoms with Crippen molar-refractivity contribution in [3.05, 3.63) is 39.4 Å². The van der Waals surface area contributed by atoms with E-state index in [4.69, 9.17) is 5.11 Å². The third-order valence-electron chi connectivity index (χ3n) is 3.17. The van der Waals surface area contributed by atoms with Gasteiger partial charge < -0.3 is 10.4 Å². The van der Waals surface area contributed by atoms with E-state index in [9.17, 15) is 19.7 Å². The molecule has 0 aliphatic carbocycles. The summed E-state index contributed by atoms with van der Waals surface area (Å²) < 4.78 is 0. The Morgan fingerprint density at radius 2 is 2.10 bits per heavy atom. The van der Waals surface area contributed by atoms with Crippen LogP contribution in [0.2, 0.25) is 0 Å². The van der Waals surface area contributed by atoms with Gasteiger partial charge in [0.05, 0.1) is 10.8 Å². The number of carboxylic acids is 1. The quantitative estimate of drug-likeness (QED) is 0.591. The zero-order valence-corrected chi connectivity index (χ0v) is 12.0. The Morgan fingerprint density at radius 1 is 1.43 bits per heavy atom. The largest absolute Gasteiger partial charge is 0.481 e. The molecule has 0 heterocycles. The highest BCUT2D eigenvalue weighted by Crippen LogP contribution is 2.17.